The second kappa shape index (κ2) is 5.19. The van der Waals surface area contributed by atoms with Crippen LogP contribution in [-0.2, 0) is 10.0 Å². The molecule has 9 heteroatoms. The van der Waals surface area contributed by atoms with Gasteiger partial charge in [-0.2, -0.15) is 8.70 Å². The first-order valence-electron chi connectivity index (χ1n) is 5.58. The first-order valence-corrected chi connectivity index (χ1v) is 7.02. The Hall–Kier alpha value is -1.58. The van der Waals surface area contributed by atoms with E-state index in [1.807, 2.05) is 0 Å². The van der Waals surface area contributed by atoms with Crippen LogP contribution in [0.15, 0.2) is 23.1 Å². The van der Waals surface area contributed by atoms with Crippen molar-refractivity contribution in [2.45, 2.75) is 4.90 Å². The predicted molar refractivity (Wildman–Crippen MR) is 64.7 cm³/mol. The fraction of sp³-hybridized carbons (Fsp3) is 0.400. The third kappa shape index (κ3) is 2.72. The lowest BCUT2D eigenvalue weighted by atomic mass is 10.3. The number of nitro groups is 1. The number of piperazine rings is 1. The molecular formula is C10H12FN3O4S. The molecule has 104 valence electrons. The van der Waals surface area contributed by atoms with Crippen molar-refractivity contribution in [2.24, 2.45) is 0 Å². The third-order valence-corrected chi connectivity index (χ3v) is 4.72. The monoisotopic (exact) mass is 289 g/mol. The van der Waals surface area contributed by atoms with Crippen LogP contribution >= 0.6 is 0 Å². The smallest absolute Gasteiger partial charge is 0.304 e. The molecule has 0 spiro atoms. The number of nitrogens with one attached hydrogen (secondary N) is 1. The largest absolute Gasteiger partial charge is 0.314 e. The summed E-state index contributed by atoms with van der Waals surface area (Å²) < 4.78 is 39.1. The third-order valence-electron chi connectivity index (χ3n) is 2.83. The van der Waals surface area contributed by atoms with Gasteiger partial charge in [0.2, 0.25) is 15.8 Å². The number of rotatable bonds is 3. The van der Waals surface area contributed by atoms with E-state index in [0.29, 0.717) is 32.2 Å². The molecule has 1 saturated heterocycles. The molecule has 0 saturated carbocycles. The number of hydrogen-bond acceptors (Lipinski definition) is 5. The molecular weight excluding hydrogens is 277 g/mol. The fourth-order valence-corrected chi connectivity index (χ4v) is 3.28. The van der Waals surface area contributed by atoms with Crippen LogP contribution in [0.1, 0.15) is 0 Å². The van der Waals surface area contributed by atoms with E-state index in [2.05, 4.69) is 5.32 Å². The summed E-state index contributed by atoms with van der Waals surface area (Å²) in [5, 5.41) is 13.5. The van der Waals surface area contributed by atoms with E-state index in [0.717, 1.165) is 12.1 Å². The molecule has 7 nitrogen and oxygen atoms in total. The van der Waals surface area contributed by atoms with E-state index in [9.17, 15) is 22.9 Å². The quantitative estimate of drug-likeness (QED) is 0.639. The van der Waals surface area contributed by atoms with Crippen molar-refractivity contribution in [3.63, 3.8) is 0 Å². The summed E-state index contributed by atoms with van der Waals surface area (Å²) in [6, 6.07) is 2.61. The Kier molecular flexibility index (Phi) is 3.78. The molecule has 1 heterocycles. The highest BCUT2D eigenvalue weighted by Crippen LogP contribution is 2.23. The maximum atomic E-state index is 13.5. The molecule has 0 unspecified atom stereocenters. The molecule has 0 radical (unpaired) electrons. The maximum Gasteiger partial charge on any atom is 0.304 e. The minimum atomic E-state index is -3.80. The van der Waals surface area contributed by atoms with Crippen LogP contribution in [0.25, 0.3) is 0 Å². The minimum absolute atomic E-state index is 0.266. The van der Waals surface area contributed by atoms with Gasteiger partial charge in [-0.15, -0.1) is 0 Å². The van der Waals surface area contributed by atoms with Crippen molar-refractivity contribution in [1.82, 2.24) is 9.62 Å². The normalized spacial score (nSPS) is 17.3. The van der Waals surface area contributed by atoms with Crippen molar-refractivity contribution in [3.05, 3.63) is 34.1 Å². The molecule has 0 aliphatic carbocycles. The fourth-order valence-electron chi connectivity index (χ4n) is 1.83. The van der Waals surface area contributed by atoms with Crippen LogP contribution in [-0.4, -0.2) is 43.8 Å². The highest BCUT2D eigenvalue weighted by molar-refractivity contribution is 7.89. The van der Waals surface area contributed by atoms with E-state index in [1.54, 1.807) is 0 Å². The highest BCUT2D eigenvalue weighted by Gasteiger charge is 2.27. The van der Waals surface area contributed by atoms with Crippen molar-refractivity contribution in [1.29, 1.82) is 0 Å². The van der Waals surface area contributed by atoms with Gasteiger partial charge >= 0.3 is 5.69 Å². The van der Waals surface area contributed by atoms with Crippen LogP contribution in [0, 0.1) is 15.9 Å². The first kappa shape index (κ1) is 13.8. The summed E-state index contributed by atoms with van der Waals surface area (Å²) in [6.45, 7) is 1.63. The van der Waals surface area contributed by atoms with Gasteiger partial charge in [-0.05, 0) is 6.07 Å². The molecule has 2 rings (SSSR count). The van der Waals surface area contributed by atoms with Crippen LogP contribution in [0.4, 0.5) is 10.1 Å². The Morgan fingerprint density at radius 2 is 1.95 bits per heavy atom. The average molecular weight is 289 g/mol. The standard InChI is InChI=1S/C10H12FN3O4S/c11-9-7-8(1-2-10(9)14(15)16)19(17,18)13-5-3-12-4-6-13/h1-2,7,12H,3-6H2. The van der Waals surface area contributed by atoms with Crippen LogP contribution in [0.5, 0.6) is 0 Å². The average Bonchev–Trinajstić information content (AvgIpc) is 2.39. The van der Waals surface area contributed by atoms with E-state index in [4.69, 9.17) is 0 Å². The second-order valence-corrected chi connectivity index (χ2v) is 5.96. The summed E-state index contributed by atoms with van der Waals surface area (Å²) in [7, 11) is -3.80. The second-order valence-electron chi connectivity index (χ2n) is 4.02. The number of nitrogens with zero attached hydrogens (tertiary/aromatic N) is 2. The maximum absolute atomic E-state index is 13.5. The zero-order valence-corrected chi connectivity index (χ0v) is 10.7. The number of benzene rings is 1. The Morgan fingerprint density at radius 1 is 1.32 bits per heavy atom. The summed E-state index contributed by atoms with van der Waals surface area (Å²) in [6.07, 6.45) is 0. The number of nitro benzene ring substituents is 1. The molecule has 1 aromatic rings. The van der Waals surface area contributed by atoms with Crippen LogP contribution in [0.2, 0.25) is 0 Å². The van der Waals surface area contributed by atoms with Crippen molar-refractivity contribution >= 4 is 15.7 Å². The van der Waals surface area contributed by atoms with E-state index in [-0.39, 0.29) is 4.90 Å². The summed E-state index contributed by atoms with van der Waals surface area (Å²) >= 11 is 0. The van der Waals surface area contributed by atoms with Gasteiger partial charge in [0.05, 0.1) is 9.82 Å². The Bertz CT molecular complexity index is 599. The Balaban J connectivity index is 2.35. The number of hydrogen-bond donors (Lipinski definition) is 1. The van der Waals surface area contributed by atoms with E-state index >= 15 is 0 Å². The van der Waals surface area contributed by atoms with Crippen LogP contribution < -0.4 is 5.32 Å². The molecule has 0 aromatic heterocycles. The van der Waals surface area contributed by atoms with Gasteiger partial charge in [-0.3, -0.25) is 10.1 Å². The number of halogens is 1. The molecule has 1 aromatic carbocycles. The van der Waals surface area contributed by atoms with Gasteiger partial charge < -0.3 is 5.32 Å². The molecule has 1 fully saturated rings. The molecule has 0 atom stereocenters. The lowest BCUT2D eigenvalue weighted by Gasteiger charge is -2.26. The van der Waals surface area contributed by atoms with Gasteiger partial charge in [0, 0.05) is 38.3 Å². The lowest BCUT2D eigenvalue weighted by molar-refractivity contribution is -0.387. The van der Waals surface area contributed by atoms with Crippen molar-refractivity contribution < 1.29 is 17.7 Å². The Morgan fingerprint density at radius 3 is 2.47 bits per heavy atom. The summed E-state index contributed by atoms with van der Waals surface area (Å²) in [5.41, 5.74) is -0.737. The Labute approximate surface area is 109 Å². The lowest BCUT2D eigenvalue weighted by Crippen LogP contribution is -2.46. The van der Waals surface area contributed by atoms with Gasteiger partial charge in [0.15, 0.2) is 0 Å². The molecule has 0 bridgehead atoms. The topological polar surface area (TPSA) is 92.5 Å². The van der Waals surface area contributed by atoms with Crippen molar-refractivity contribution in [3.8, 4) is 0 Å². The van der Waals surface area contributed by atoms with Gasteiger partial charge in [0.1, 0.15) is 0 Å². The molecule has 1 N–H and O–H groups in total. The SMILES string of the molecule is O=[N+]([O-])c1ccc(S(=O)(=O)N2CCNCC2)cc1F. The molecule has 1 aliphatic rings. The van der Waals surface area contributed by atoms with Gasteiger partial charge in [-0.1, -0.05) is 0 Å². The number of sulfonamides is 1. The molecule has 0 amide bonds. The van der Waals surface area contributed by atoms with Crippen LogP contribution in [0.3, 0.4) is 0 Å². The van der Waals surface area contributed by atoms with Crippen molar-refractivity contribution in [2.75, 3.05) is 26.2 Å². The highest BCUT2D eigenvalue weighted by atomic mass is 32.2. The van der Waals surface area contributed by atoms with Gasteiger partial charge in [0.25, 0.3) is 0 Å². The molecule has 19 heavy (non-hydrogen) atoms. The van der Waals surface area contributed by atoms with Gasteiger partial charge in [-0.25, -0.2) is 8.42 Å². The molecule has 1 aliphatic heterocycles. The first-order chi connectivity index (χ1) is 8.93. The zero-order valence-electron chi connectivity index (χ0n) is 9.87. The minimum Gasteiger partial charge on any atom is -0.314 e. The predicted octanol–water partition coefficient (Wildman–Crippen LogP) is 0.328. The summed E-state index contributed by atoms with van der Waals surface area (Å²) in [4.78, 5) is 9.32. The summed E-state index contributed by atoms with van der Waals surface area (Å²) in [5.74, 6) is -1.15. The van der Waals surface area contributed by atoms with E-state index in [1.165, 1.54) is 4.31 Å². The zero-order chi connectivity index (χ0) is 14.0. The van der Waals surface area contributed by atoms with E-state index < -0.39 is 26.5 Å².